The second-order valence-electron chi connectivity index (χ2n) is 7.51. The maximum absolute atomic E-state index is 13.1. The Labute approximate surface area is 193 Å². The SMILES string of the molecule is COc1c(C(=O)Nc2ccc(-c3nc4cc(C)ccc4o3)cc2)cc2ccccc2c1Br. The molecule has 0 aliphatic rings. The molecular formula is C26H19BrN2O3. The van der Waals surface area contributed by atoms with E-state index in [-0.39, 0.29) is 5.91 Å². The lowest BCUT2D eigenvalue weighted by atomic mass is 10.0. The molecule has 158 valence electrons. The molecule has 4 aromatic carbocycles. The Morgan fingerprint density at radius 2 is 1.81 bits per heavy atom. The third kappa shape index (κ3) is 3.63. The Bertz CT molecular complexity index is 1470. The van der Waals surface area contributed by atoms with Gasteiger partial charge in [0.25, 0.3) is 5.91 Å². The average Bonchev–Trinajstić information content (AvgIpc) is 3.22. The summed E-state index contributed by atoms with van der Waals surface area (Å²) in [6.45, 7) is 2.02. The number of fused-ring (bicyclic) bond motifs is 2. The second kappa shape index (κ2) is 8.13. The van der Waals surface area contributed by atoms with Crippen molar-refractivity contribution in [1.82, 2.24) is 4.98 Å². The lowest BCUT2D eigenvalue weighted by molar-refractivity contribution is 0.102. The van der Waals surface area contributed by atoms with Crippen LogP contribution in [0.25, 0.3) is 33.3 Å². The lowest BCUT2D eigenvalue weighted by Crippen LogP contribution is -2.13. The summed E-state index contributed by atoms with van der Waals surface area (Å²) >= 11 is 3.58. The summed E-state index contributed by atoms with van der Waals surface area (Å²) in [6, 6.07) is 23.0. The van der Waals surface area contributed by atoms with Gasteiger partial charge < -0.3 is 14.5 Å². The third-order valence-electron chi connectivity index (χ3n) is 5.32. The van der Waals surface area contributed by atoms with Crippen LogP contribution < -0.4 is 10.1 Å². The monoisotopic (exact) mass is 486 g/mol. The van der Waals surface area contributed by atoms with E-state index >= 15 is 0 Å². The first-order chi connectivity index (χ1) is 15.5. The van der Waals surface area contributed by atoms with Crippen molar-refractivity contribution in [1.29, 1.82) is 0 Å². The normalized spacial score (nSPS) is 11.1. The van der Waals surface area contributed by atoms with Crippen molar-refractivity contribution in [2.75, 3.05) is 12.4 Å². The van der Waals surface area contributed by atoms with Gasteiger partial charge >= 0.3 is 0 Å². The van der Waals surface area contributed by atoms with Crippen LogP contribution in [0.1, 0.15) is 15.9 Å². The van der Waals surface area contributed by atoms with Gasteiger partial charge in [-0.3, -0.25) is 4.79 Å². The molecule has 5 nitrogen and oxygen atoms in total. The fourth-order valence-electron chi connectivity index (χ4n) is 3.71. The summed E-state index contributed by atoms with van der Waals surface area (Å²) in [7, 11) is 1.56. The van der Waals surface area contributed by atoms with Crippen LogP contribution >= 0.6 is 15.9 Å². The minimum atomic E-state index is -0.251. The second-order valence-corrected chi connectivity index (χ2v) is 8.31. The molecule has 1 aromatic heterocycles. The molecular weight excluding hydrogens is 468 g/mol. The first-order valence-corrected chi connectivity index (χ1v) is 10.9. The third-order valence-corrected chi connectivity index (χ3v) is 6.11. The van der Waals surface area contributed by atoms with Crippen LogP contribution in [0, 0.1) is 6.92 Å². The number of carbonyl (C=O) groups excluding carboxylic acids is 1. The van der Waals surface area contributed by atoms with Crippen LogP contribution in [0.4, 0.5) is 5.69 Å². The maximum atomic E-state index is 13.1. The summed E-state index contributed by atoms with van der Waals surface area (Å²) in [5, 5.41) is 4.88. The van der Waals surface area contributed by atoms with Crippen molar-refractivity contribution in [2.24, 2.45) is 0 Å². The molecule has 0 aliphatic carbocycles. The number of methoxy groups -OCH3 is 1. The fourth-order valence-corrected chi connectivity index (χ4v) is 4.44. The molecule has 0 fully saturated rings. The molecule has 1 N–H and O–H groups in total. The van der Waals surface area contributed by atoms with Gasteiger partial charge in [0.2, 0.25) is 5.89 Å². The van der Waals surface area contributed by atoms with Crippen LogP contribution in [0.15, 0.2) is 81.7 Å². The van der Waals surface area contributed by atoms with Gasteiger partial charge in [0.05, 0.1) is 17.1 Å². The minimum absolute atomic E-state index is 0.251. The van der Waals surface area contributed by atoms with Gasteiger partial charge in [-0.25, -0.2) is 4.98 Å². The van der Waals surface area contributed by atoms with E-state index in [9.17, 15) is 4.79 Å². The number of benzene rings is 4. The van der Waals surface area contributed by atoms with Gasteiger partial charge in [-0.1, -0.05) is 30.3 Å². The summed E-state index contributed by atoms with van der Waals surface area (Å²) in [6.07, 6.45) is 0. The number of ether oxygens (including phenoxy) is 1. The van der Waals surface area contributed by atoms with Gasteiger partial charge in [-0.15, -0.1) is 0 Å². The van der Waals surface area contributed by atoms with E-state index in [1.54, 1.807) is 7.11 Å². The molecule has 1 amide bonds. The van der Waals surface area contributed by atoms with E-state index in [4.69, 9.17) is 9.15 Å². The topological polar surface area (TPSA) is 64.4 Å². The van der Waals surface area contributed by atoms with E-state index in [0.29, 0.717) is 22.9 Å². The Kier molecular flexibility index (Phi) is 5.15. The first kappa shape index (κ1) is 20.3. The molecule has 0 bridgehead atoms. The van der Waals surface area contributed by atoms with Crippen molar-refractivity contribution in [2.45, 2.75) is 6.92 Å². The Morgan fingerprint density at radius 1 is 1.03 bits per heavy atom. The zero-order chi connectivity index (χ0) is 22.2. The quantitative estimate of drug-likeness (QED) is 0.297. The number of hydrogen-bond acceptors (Lipinski definition) is 4. The van der Waals surface area contributed by atoms with Crippen LogP contribution in [0.3, 0.4) is 0 Å². The van der Waals surface area contributed by atoms with E-state index in [0.717, 1.165) is 37.5 Å². The van der Waals surface area contributed by atoms with Crippen molar-refractivity contribution in [3.63, 3.8) is 0 Å². The van der Waals surface area contributed by atoms with Gasteiger partial charge in [0.15, 0.2) is 5.58 Å². The van der Waals surface area contributed by atoms with E-state index in [1.807, 2.05) is 79.7 Å². The van der Waals surface area contributed by atoms with E-state index < -0.39 is 0 Å². The van der Waals surface area contributed by atoms with Crippen LogP contribution in [-0.4, -0.2) is 18.0 Å². The highest BCUT2D eigenvalue weighted by Crippen LogP contribution is 2.37. The summed E-state index contributed by atoms with van der Waals surface area (Å²) in [5.41, 5.74) is 4.66. The highest BCUT2D eigenvalue weighted by Gasteiger charge is 2.18. The largest absolute Gasteiger partial charge is 0.495 e. The van der Waals surface area contributed by atoms with E-state index in [1.165, 1.54) is 0 Å². The molecule has 0 saturated heterocycles. The number of aryl methyl sites for hydroxylation is 1. The number of hydrogen-bond donors (Lipinski definition) is 1. The van der Waals surface area contributed by atoms with Crippen molar-refractivity contribution < 1.29 is 13.9 Å². The lowest BCUT2D eigenvalue weighted by Gasteiger charge is -2.13. The van der Waals surface area contributed by atoms with Crippen molar-refractivity contribution in [3.05, 3.63) is 88.4 Å². The predicted octanol–water partition coefficient (Wildman–Crippen LogP) is 6.98. The molecule has 32 heavy (non-hydrogen) atoms. The van der Waals surface area contributed by atoms with Crippen molar-refractivity contribution in [3.8, 4) is 17.2 Å². The molecule has 0 spiro atoms. The number of carbonyl (C=O) groups is 1. The molecule has 5 aromatic rings. The number of nitrogens with zero attached hydrogens (tertiary/aromatic N) is 1. The van der Waals surface area contributed by atoms with Gasteiger partial charge in [-0.2, -0.15) is 0 Å². The van der Waals surface area contributed by atoms with E-state index in [2.05, 4.69) is 26.2 Å². The summed E-state index contributed by atoms with van der Waals surface area (Å²) in [4.78, 5) is 17.6. The molecule has 5 rings (SSSR count). The van der Waals surface area contributed by atoms with Crippen molar-refractivity contribution >= 4 is 49.4 Å². The summed E-state index contributed by atoms with van der Waals surface area (Å²) in [5.74, 6) is 0.793. The molecule has 0 aliphatic heterocycles. The first-order valence-electron chi connectivity index (χ1n) is 10.1. The maximum Gasteiger partial charge on any atom is 0.259 e. The van der Waals surface area contributed by atoms with Crippen LogP contribution in [-0.2, 0) is 0 Å². The summed E-state index contributed by atoms with van der Waals surface area (Å²) < 4.78 is 12.1. The Morgan fingerprint density at radius 3 is 2.59 bits per heavy atom. The molecule has 1 heterocycles. The molecule has 6 heteroatoms. The van der Waals surface area contributed by atoms with Crippen LogP contribution in [0.5, 0.6) is 5.75 Å². The average molecular weight is 487 g/mol. The number of amides is 1. The molecule has 0 saturated carbocycles. The zero-order valence-electron chi connectivity index (χ0n) is 17.5. The number of halogens is 1. The number of aromatic nitrogens is 1. The smallest absolute Gasteiger partial charge is 0.259 e. The predicted molar refractivity (Wildman–Crippen MR) is 130 cm³/mol. The minimum Gasteiger partial charge on any atom is -0.495 e. The number of anilines is 1. The Hall–Kier alpha value is -3.64. The fraction of sp³-hybridized carbons (Fsp3) is 0.0769. The number of nitrogens with one attached hydrogen (secondary N) is 1. The number of rotatable bonds is 4. The molecule has 0 radical (unpaired) electrons. The van der Waals surface area contributed by atoms with Crippen LogP contribution in [0.2, 0.25) is 0 Å². The standard InChI is InChI=1S/C26H19BrN2O3/c1-15-7-12-22-21(13-15)29-26(32-22)16-8-10-18(11-9-16)28-25(30)20-14-17-5-3-4-6-19(17)23(27)24(20)31-2/h3-14H,1-2H3,(H,28,30). The highest BCUT2D eigenvalue weighted by atomic mass is 79.9. The molecule has 0 atom stereocenters. The zero-order valence-corrected chi connectivity index (χ0v) is 19.1. The number of oxazole rings is 1. The highest BCUT2D eigenvalue weighted by molar-refractivity contribution is 9.10. The van der Waals surface area contributed by atoms with Gasteiger partial charge in [0, 0.05) is 11.3 Å². The Balaban J connectivity index is 1.42. The van der Waals surface area contributed by atoms with Gasteiger partial charge in [0.1, 0.15) is 11.3 Å². The molecule has 0 unspecified atom stereocenters. The van der Waals surface area contributed by atoms with Gasteiger partial charge in [-0.05, 0) is 81.7 Å².